The first-order valence-electron chi connectivity index (χ1n) is 11.7. The highest BCUT2D eigenvalue weighted by Crippen LogP contribution is 2.39. The minimum atomic E-state index is -4.57. The molecule has 0 bridgehead atoms. The zero-order valence-corrected chi connectivity index (χ0v) is 19.5. The topological polar surface area (TPSA) is 87.4 Å². The van der Waals surface area contributed by atoms with Crippen LogP contribution in [0.25, 0.3) is 0 Å². The molecule has 1 aromatic heterocycles. The van der Waals surface area contributed by atoms with Crippen molar-refractivity contribution in [1.29, 1.82) is 0 Å². The Morgan fingerprint density at radius 3 is 2.38 bits per heavy atom. The Kier molecular flexibility index (Phi) is 6.86. The van der Waals surface area contributed by atoms with Gasteiger partial charge in [0.25, 0.3) is 0 Å². The lowest BCUT2D eigenvalue weighted by molar-refractivity contribution is -0.137. The Morgan fingerprint density at radius 1 is 1.06 bits per heavy atom. The zero-order chi connectivity index (χ0) is 24.5. The fourth-order valence-corrected chi connectivity index (χ4v) is 5.09. The van der Waals surface area contributed by atoms with Crippen molar-refractivity contribution in [2.24, 2.45) is 5.73 Å². The predicted octanol–water partition coefficient (Wildman–Crippen LogP) is 4.75. The molecule has 1 aromatic carbocycles. The molecular formula is C24H31F3N6O. The van der Waals surface area contributed by atoms with Crippen molar-refractivity contribution in [2.45, 2.75) is 69.6 Å². The van der Waals surface area contributed by atoms with Gasteiger partial charge in [-0.3, -0.25) is 4.90 Å². The van der Waals surface area contributed by atoms with Crippen molar-refractivity contribution < 1.29 is 18.0 Å². The third-order valence-electron chi connectivity index (χ3n) is 6.69. The largest absolute Gasteiger partial charge is 0.418 e. The van der Waals surface area contributed by atoms with Gasteiger partial charge in [-0.1, -0.05) is 12.1 Å². The first-order chi connectivity index (χ1) is 16.1. The molecular weight excluding hydrogens is 445 g/mol. The lowest BCUT2D eigenvalue weighted by Crippen LogP contribution is -2.47. The first kappa shape index (κ1) is 24.1. The van der Waals surface area contributed by atoms with E-state index in [1.54, 1.807) is 0 Å². The molecule has 1 fully saturated rings. The fraction of sp³-hybridized carbons (Fsp3) is 0.542. The van der Waals surface area contributed by atoms with E-state index in [-0.39, 0.29) is 11.7 Å². The maximum absolute atomic E-state index is 13.5. The SMILES string of the molecule is CN(C)c1nc(N[C@H]2CC[C@@H](N(C(N)=O)c3ccccc3C(F)(F)F)CC2)nc2c1CCCC2. The van der Waals surface area contributed by atoms with Crippen LogP contribution in [0.4, 0.5) is 35.4 Å². The van der Waals surface area contributed by atoms with Crippen LogP contribution in [0.1, 0.15) is 55.3 Å². The number of hydrogen-bond acceptors (Lipinski definition) is 5. The summed E-state index contributed by atoms with van der Waals surface area (Å²) in [6.45, 7) is 0. The highest BCUT2D eigenvalue weighted by atomic mass is 19.4. The summed E-state index contributed by atoms with van der Waals surface area (Å²) in [5.41, 5.74) is 6.82. The van der Waals surface area contributed by atoms with Crippen LogP contribution in [0.2, 0.25) is 0 Å². The quantitative estimate of drug-likeness (QED) is 0.650. The molecule has 7 nitrogen and oxygen atoms in total. The van der Waals surface area contributed by atoms with Gasteiger partial charge in [-0.2, -0.15) is 18.2 Å². The molecule has 184 valence electrons. The van der Waals surface area contributed by atoms with Gasteiger partial charge in [0.1, 0.15) is 5.82 Å². The third kappa shape index (κ3) is 5.05. The highest BCUT2D eigenvalue weighted by molar-refractivity contribution is 5.92. The highest BCUT2D eigenvalue weighted by Gasteiger charge is 2.38. The maximum Gasteiger partial charge on any atom is 0.418 e. The summed E-state index contributed by atoms with van der Waals surface area (Å²) >= 11 is 0. The smallest absolute Gasteiger partial charge is 0.362 e. The number of nitrogens with one attached hydrogen (secondary N) is 1. The molecule has 2 aliphatic rings. The van der Waals surface area contributed by atoms with Gasteiger partial charge in [0.15, 0.2) is 0 Å². The Hall–Kier alpha value is -3.04. The molecule has 0 radical (unpaired) electrons. The number of nitrogens with two attached hydrogens (primary N) is 1. The van der Waals surface area contributed by atoms with Crippen molar-refractivity contribution in [3.05, 3.63) is 41.1 Å². The molecule has 10 heteroatoms. The number of rotatable bonds is 5. The van der Waals surface area contributed by atoms with E-state index in [4.69, 9.17) is 15.7 Å². The van der Waals surface area contributed by atoms with E-state index in [0.717, 1.165) is 48.2 Å². The molecule has 0 unspecified atom stereocenters. The van der Waals surface area contributed by atoms with E-state index in [1.165, 1.54) is 23.8 Å². The molecule has 0 saturated heterocycles. The van der Waals surface area contributed by atoms with Crippen LogP contribution in [0.3, 0.4) is 0 Å². The van der Waals surface area contributed by atoms with E-state index < -0.39 is 23.8 Å². The number of benzene rings is 1. The van der Waals surface area contributed by atoms with Crippen LogP contribution in [-0.2, 0) is 19.0 Å². The van der Waals surface area contributed by atoms with E-state index >= 15 is 0 Å². The summed E-state index contributed by atoms with van der Waals surface area (Å²) in [6, 6.07) is 3.88. The standard InChI is InChI=1S/C24H31F3N6O/c1-32(2)21-17-7-3-5-9-19(17)30-23(31-21)29-15-11-13-16(14-12-15)33(22(28)34)20-10-6-4-8-18(20)24(25,26)27/h4,6,8,10,15-16H,3,5,7,9,11-14H2,1-2H3,(H2,28,34)(H,29,30,31)/t15-,16+. The molecule has 2 aliphatic carbocycles. The number of alkyl halides is 3. The molecule has 2 aromatic rings. The Labute approximate surface area is 197 Å². The third-order valence-corrected chi connectivity index (χ3v) is 6.69. The summed E-state index contributed by atoms with van der Waals surface area (Å²) in [7, 11) is 3.95. The summed E-state index contributed by atoms with van der Waals surface area (Å²) < 4.78 is 40.6. The average Bonchev–Trinajstić information content (AvgIpc) is 2.79. The average molecular weight is 477 g/mol. The summed E-state index contributed by atoms with van der Waals surface area (Å²) in [6.07, 6.45) is 1.99. The van der Waals surface area contributed by atoms with E-state index in [2.05, 4.69) is 5.32 Å². The van der Waals surface area contributed by atoms with E-state index in [9.17, 15) is 18.0 Å². The molecule has 3 N–H and O–H groups in total. The Bertz CT molecular complexity index is 1030. The molecule has 0 aliphatic heterocycles. The number of anilines is 3. The van der Waals surface area contributed by atoms with Crippen LogP contribution < -0.4 is 20.9 Å². The summed E-state index contributed by atoms with van der Waals surface area (Å²) in [5.74, 6) is 1.52. The number of para-hydroxylation sites is 1. The van der Waals surface area contributed by atoms with Crippen molar-refractivity contribution in [3.8, 4) is 0 Å². The van der Waals surface area contributed by atoms with Crippen LogP contribution in [0.5, 0.6) is 0 Å². The van der Waals surface area contributed by atoms with Crippen molar-refractivity contribution >= 4 is 23.5 Å². The van der Waals surface area contributed by atoms with Crippen molar-refractivity contribution in [1.82, 2.24) is 9.97 Å². The number of carbonyl (C=O) groups excluding carboxylic acids is 1. The molecule has 2 amide bonds. The minimum Gasteiger partial charge on any atom is -0.362 e. The monoisotopic (exact) mass is 476 g/mol. The maximum atomic E-state index is 13.5. The van der Waals surface area contributed by atoms with Crippen LogP contribution in [0, 0.1) is 0 Å². The van der Waals surface area contributed by atoms with Gasteiger partial charge in [-0.15, -0.1) is 0 Å². The van der Waals surface area contributed by atoms with Crippen LogP contribution >= 0.6 is 0 Å². The number of aryl methyl sites for hydroxylation is 1. The number of halogens is 3. The Morgan fingerprint density at radius 2 is 1.74 bits per heavy atom. The van der Waals surface area contributed by atoms with Crippen LogP contribution in [-0.4, -0.2) is 42.2 Å². The number of hydrogen-bond donors (Lipinski definition) is 2. The van der Waals surface area contributed by atoms with Crippen molar-refractivity contribution in [3.63, 3.8) is 0 Å². The van der Waals surface area contributed by atoms with E-state index in [0.29, 0.717) is 31.6 Å². The predicted molar refractivity (Wildman–Crippen MR) is 126 cm³/mol. The first-order valence-corrected chi connectivity index (χ1v) is 11.7. The summed E-state index contributed by atoms with van der Waals surface area (Å²) in [4.78, 5) is 24.9. The second-order valence-electron chi connectivity index (χ2n) is 9.27. The molecule has 0 spiro atoms. The zero-order valence-electron chi connectivity index (χ0n) is 19.5. The second kappa shape index (κ2) is 9.68. The normalized spacial score (nSPS) is 20.4. The van der Waals surface area contributed by atoms with Gasteiger partial charge in [0, 0.05) is 31.7 Å². The van der Waals surface area contributed by atoms with Gasteiger partial charge in [0.2, 0.25) is 5.95 Å². The van der Waals surface area contributed by atoms with E-state index in [1.807, 2.05) is 19.0 Å². The number of amides is 2. The Balaban J connectivity index is 1.48. The minimum absolute atomic E-state index is 0.0699. The van der Waals surface area contributed by atoms with Gasteiger partial charge in [-0.25, -0.2) is 9.78 Å². The van der Waals surface area contributed by atoms with Gasteiger partial charge in [0.05, 0.1) is 16.9 Å². The lowest BCUT2D eigenvalue weighted by atomic mass is 9.89. The number of urea groups is 1. The van der Waals surface area contributed by atoms with Gasteiger partial charge >= 0.3 is 12.2 Å². The molecule has 1 saturated carbocycles. The number of fused-ring (bicyclic) bond motifs is 1. The summed E-state index contributed by atoms with van der Waals surface area (Å²) in [5, 5.41) is 3.43. The fourth-order valence-electron chi connectivity index (χ4n) is 5.09. The number of primary amides is 1. The number of aromatic nitrogens is 2. The van der Waals surface area contributed by atoms with Crippen LogP contribution in [0.15, 0.2) is 24.3 Å². The van der Waals surface area contributed by atoms with Crippen molar-refractivity contribution in [2.75, 3.05) is 29.2 Å². The molecule has 4 rings (SSSR count). The second-order valence-corrected chi connectivity index (χ2v) is 9.27. The van der Waals surface area contributed by atoms with Gasteiger partial charge in [-0.05, 0) is 63.5 Å². The van der Waals surface area contributed by atoms with Gasteiger partial charge < -0.3 is 16.0 Å². The lowest BCUT2D eigenvalue weighted by Gasteiger charge is -2.37. The number of nitrogens with zero attached hydrogens (tertiary/aromatic N) is 4. The number of carbonyl (C=O) groups is 1. The molecule has 1 heterocycles. The molecule has 34 heavy (non-hydrogen) atoms. The molecule has 0 atom stereocenters.